The average molecular weight is 240 g/mol. The molecule has 0 unspecified atom stereocenters. The molecule has 0 radical (unpaired) electrons. The number of benzene rings is 1. The van der Waals surface area contributed by atoms with Crippen LogP contribution in [-0.4, -0.2) is 21.7 Å². The summed E-state index contributed by atoms with van der Waals surface area (Å²) in [5.74, 6) is 1.05. The van der Waals surface area contributed by atoms with Gasteiger partial charge in [-0.2, -0.15) is 4.98 Å². The maximum atomic E-state index is 5.44. The van der Waals surface area contributed by atoms with E-state index in [0.717, 1.165) is 10.9 Å². The highest BCUT2D eigenvalue weighted by Crippen LogP contribution is 2.18. The van der Waals surface area contributed by atoms with E-state index in [4.69, 9.17) is 10.3 Å². The Morgan fingerprint density at radius 1 is 1.06 bits per heavy atom. The van der Waals surface area contributed by atoms with Crippen molar-refractivity contribution in [1.82, 2.24) is 15.1 Å². The molecule has 0 atom stereocenters. The normalized spacial score (nSPS) is 10.9. The summed E-state index contributed by atoms with van der Waals surface area (Å²) < 4.78 is 5.09. The van der Waals surface area contributed by atoms with Crippen LogP contribution in [0.1, 0.15) is 5.89 Å². The molecular formula is C13H12N4O. The van der Waals surface area contributed by atoms with Gasteiger partial charge in [0.05, 0.1) is 5.52 Å². The van der Waals surface area contributed by atoms with Crippen molar-refractivity contribution < 1.29 is 4.52 Å². The van der Waals surface area contributed by atoms with E-state index in [0.29, 0.717) is 30.4 Å². The molecule has 5 nitrogen and oxygen atoms in total. The zero-order chi connectivity index (χ0) is 12.4. The summed E-state index contributed by atoms with van der Waals surface area (Å²) in [5, 5.41) is 5.00. The number of nitrogens with zero attached hydrogens (tertiary/aromatic N) is 3. The molecule has 18 heavy (non-hydrogen) atoms. The van der Waals surface area contributed by atoms with E-state index in [1.807, 2.05) is 36.4 Å². The van der Waals surface area contributed by atoms with Gasteiger partial charge in [0, 0.05) is 18.4 Å². The summed E-state index contributed by atoms with van der Waals surface area (Å²) in [5.41, 5.74) is 7.07. The van der Waals surface area contributed by atoms with Gasteiger partial charge in [0.25, 0.3) is 0 Å². The number of rotatable bonds is 3. The predicted molar refractivity (Wildman–Crippen MR) is 67.8 cm³/mol. The van der Waals surface area contributed by atoms with Gasteiger partial charge in [-0.3, -0.25) is 0 Å². The first-order chi connectivity index (χ1) is 8.86. The molecule has 2 heterocycles. The second-order valence-electron chi connectivity index (χ2n) is 3.94. The molecule has 3 rings (SSSR count). The number of pyridine rings is 1. The van der Waals surface area contributed by atoms with Crippen LogP contribution < -0.4 is 5.73 Å². The predicted octanol–water partition coefficient (Wildman–Crippen LogP) is 1.79. The van der Waals surface area contributed by atoms with Crippen LogP contribution in [0.25, 0.3) is 22.4 Å². The Morgan fingerprint density at radius 2 is 1.94 bits per heavy atom. The van der Waals surface area contributed by atoms with E-state index in [1.165, 1.54) is 0 Å². The minimum Gasteiger partial charge on any atom is -0.339 e. The van der Waals surface area contributed by atoms with Crippen LogP contribution >= 0.6 is 0 Å². The highest BCUT2D eigenvalue weighted by atomic mass is 16.5. The molecule has 90 valence electrons. The van der Waals surface area contributed by atoms with Crippen LogP contribution in [0, 0.1) is 0 Å². The quantitative estimate of drug-likeness (QED) is 0.755. The lowest BCUT2D eigenvalue weighted by Crippen LogP contribution is -2.02. The lowest BCUT2D eigenvalue weighted by atomic mass is 10.2. The van der Waals surface area contributed by atoms with E-state index < -0.39 is 0 Å². The highest BCUT2D eigenvalue weighted by Gasteiger charge is 2.09. The molecular weight excluding hydrogens is 228 g/mol. The molecule has 0 bridgehead atoms. The van der Waals surface area contributed by atoms with Crippen LogP contribution in [0.4, 0.5) is 0 Å². The number of hydrogen-bond donors (Lipinski definition) is 1. The van der Waals surface area contributed by atoms with Gasteiger partial charge in [-0.25, -0.2) is 4.98 Å². The molecule has 1 aromatic carbocycles. The fourth-order valence-corrected chi connectivity index (χ4v) is 1.77. The molecule has 0 spiro atoms. The Labute approximate surface area is 104 Å². The van der Waals surface area contributed by atoms with Crippen LogP contribution in [0.15, 0.2) is 40.9 Å². The number of aromatic nitrogens is 3. The molecule has 0 saturated carbocycles. The Balaban J connectivity index is 2.02. The molecule has 2 aromatic heterocycles. The van der Waals surface area contributed by atoms with Crippen molar-refractivity contribution in [2.45, 2.75) is 6.42 Å². The second-order valence-corrected chi connectivity index (χ2v) is 3.94. The first-order valence-electron chi connectivity index (χ1n) is 5.75. The molecule has 0 fully saturated rings. The third-order valence-corrected chi connectivity index (χ3v) is 2.65. The number of para-hydroxylation sites is 1. The minimum absolute atomic E-state index is 0.493. The molecule has 0 saturated heterocycles. The molecule has 5 heteroatoms. The molecule has 3 aromatic rings. The van der Waals surface area contributed by atoms with Gasteiger partial charge in [-0.15, -0.1) is 0 Å². The summed E-state index contributed by atoms with van der Waals surface area (Å²) in [4.78, 5) is 8.76. The van der Waals surface area contributed by atoms with Gasteiger partial charge >= 0.3 is 0 Å². The van der Waals surface area contributed by atoms with Crippen molar-refractivity contribution in [2.75, 3.05) is 6.54 Å². The molecule has 0 aliphatic rings. The van der Waals surface area contributed by atoms with Gasteiger partial charge in [-0.1, -0.05) is 29.4 Å². The monoisotopic (exact) mass is 240 g/mol. The lowest BCUT2D eigenvalue weighted by molar-refractivity contribution is 0.380. The van der Waals surface area contributed by atoms with Gasteiger partial charge in [0.15, 0.2) is 0 Å². The molecule has 0 aliphatic heterocycles. The fourth-order valence-electron chi connectivity index (χ4n) is 1.77. The molecule has 0 amide bonds. The number of nitrogens with two attached hydrogens (primary N) is 1. The highest BCUT2D eigenvalue weighted by molar-refractivity contribution is 5.80. The Hall–Kier alpha value is -2.27. The largest absolute Gasteiger partial charge is 0.339 e. The van der Waals surface area contributed by atoms with Gasteiger partial charge in [0.1, 0.15) is 5.69 Å². The van der Waals surface area contributed by atoms with Crippen molar-refractivity contribution >= 4 is 10.9 Å². The third-order valence-electron chi connectivity index (χ3n) is 2.65. The number of hydrogen-bond acceptors (Lipinski definition) is 5. The van der Waals surface area contributed by atoms with Crippen molar-refractivity contribution in [1.29, 1.82) is 0 Å². The average Bonchev–Trinajstić information content (AvgIpc) is 2.87. The molecule has 0 aliphatic carbocycles. The van der Waals surface area contributed by atoms with E-state index in [-0.39, 0.29) is 0 Å². The van der Waals surface area contributed by atoms with E-state index in [2.05, 4.69) is 15.1 Å². The first-order valence-corrected chi connectivity index (χ1v) is 5.75. The Bertz CT molecular complexity index is 677. The lowest BCUT2D eigenvalue weighted by Gasteiger charge is -1.98. The van der Waals surface area contributed by atoms with E-state index >= 15 is 0 Å². The minimum atomic E-state index is 0.493. The second kappa shape index (κ2) is 4.54. The van der Waals surface area contributed by atoms with Gasteiger partial charge in [-0.05, 0) is 12.1 Å². The van der Waals surface area contributed by atoms with Crippen LogP contribution in [0.3, 0.4) is 0 Å². The van der Waals surface area contributed by atoms with Gasteiger partial charge < -0.3 is 10.3 Å². The van der Waals surface area contributed by atoms with Crippen LogP contribution in [0.5, 0.6) is 0 Å². The van der Waals surface area contributed by atoms with E-state index in [1.54, 1.807) is 0 Å². The summed E-state index contributed by atoms with van der Waals surface area (Å²) in [6, 6.07) is 11.8. The van der Waals surface area contributed by atoms with E-state index in [9.17, 15) is 0 Å². The molecule has 2 N–H and O–H groups in total. The van der Waals surface area contributed by atoms with Crippen LogP contribution in [0.2, 0.25) is 0 Å². The summed E-state index contributed by atoms with van der Waals surface area (Å²) in [6.07, 6.45) is 0.584. The fraction of sp³-hybridized carbons (Fsp3) is 0.154. The zero-order valence-corrected chi connectivity index (χ0v) is 9.71. The summed E-state index contributed by atoms with van der Waals surface area (Å²) in [6.45, 7) is 0.493. The first kappa shape index (κ1) is 10.9. The van der Waals surface area contributed by atoms with Crippen LogP contribution in [-0.2, 0) is 6.42 Å². The van der Waals surface area contributed by atoms with Crippen molar-refractivity contribution in [2.24, 2.45) is 5.73 Å². The Kier molecular flexibility index (Phi) is 2.74. The zero-order valence-electron chi connectivity index (χ0n) is 9.71. The standard InChI is InChI=1S/C13H12N4O/c14-8-7-12-16-13(17-18-12)11-6-5-9-3-1-2-4-10(9)15-11/h1-6H,7-8,14H2. The third kappa shape index (κ3) is 1.96. The van der Waals surface area contributed by atoms with Gasteiger partial charge in [0.2, 0.25) is 11.7 Å². The van der Waals surface area contributed by atoms with Crippen molar-refractivity contribution in [3.05, 3.63) is 42.3 Å². The Morgan fingerprint density at radius 3 is 2.83 bits per heavy atom. The van der Waals surface area contributed by atoms with Crippen molar-refractivity contribution in [3.8, 4) is 11.5 Å². The summed E-state index contributed by atoms with van der Waals surface area (Å²) in [7, 11) is 0. The number of fused-ring (bicyclic) bond motifs is 1. The maximum Gasteiger partial charge on any atom is 0.228 e. The SMILES string of the molecule is NCCc1nc(-c2ccc3ccccc3n2)no1. The smallest absolute Gasteiger partial charge is 0.228 e. The maximum absolute atomic E-state index is 5.44. The summed E-state index contributed by atoms with van der Waals surface area (Å²) >= 11 is 0. The topological polar surface area (TPSA) is 77.8 Å². The van der Waals surface area contributed by atoms with Crippen molar-refractivity contribution in [3.63, 3.8) is 0 Å².